The van der Waals surface area contributed by atoms with E-state index in [1.165, 1.54) is 12.8 Å². The van der Waals surface area contributed by atoms with Crippen LogP contribution in [0.5, 0.6) is 0 Å². The molecule has 0 bridgehead atoms. The Bertz CT molecular complexity index is 252. The molecule has 0 radical (unpaired) electrons. The van der Waals surface area contributed by atoms with Crippen LogP contribution >= 0.6 is 0 Å². The van der Waals surface area contributed by atoms with Crippen LogP contribution in [-0.4, -0.2) is 43.5 Å². The van der Waals surface area contributed by atoms with Crippen LogP contribution in [0.2, 0.25) is 0 Å². The monoisotopic (exact) mass is 260 g/mol. The lowest BCUT2D eigenvalue weighted by atomic mass is 9.98. The predicted molar refractivity (Wildman–Crippen MR) is 70.0 cm³/mol. The molecule has 2 rings (SSSR count). The Labute approximate surface area is 109 Å². The standard InChI is InChI=1S/C14H26F2N2/c1-2-18(11-13-4-3-7-17-9-13)10-12-5-6-14(15,16)8-12/h12-13,17H,2-11H2,1H3. The summed E-state index contributed by atoms with van der Waals surface area (Å²) in [4.78, 5) is 2.38. The number of nitrogens with one attached hydrogen (secondary N) is 1. The smallest absolute Gasteiger partial charge is 0.248 e. The highest BCUT2D eigenvalue weighted by Gasteiger charge is 2.39. The number of hydrogen-bond donors (Lipinski definition) is 1. The summed E-state index contributed by atoms with van der Waals surface area (Å²) in [5, 5.41) is 3.42. The van der Waals surface area contributed by atoms with Crippen LogP contribution in [0.15, 0.2) is 0 Å². The molecule has 0 aromatic rings. The summed E-state index contributed by atoms with van der Waals surface area (Å²) in [6.45, 7) is 7.30. The first-order valence-electron chi connectivity index (χ1n) is 7.40. The summed E-state index contributed by atoms with van der Waals surface area (Å²) < 4.78 is 26.4. The molecule has 2 nitrogen and oxygen atoms in total. The summed E-state index contributed by atoms with van der Waals surface area (Å²) in [5.41, 5.74) is 0. The van der Waals surface area contributed by atoms with Crippen molar-refractivity contribution in [2.45, 2.75) is 45.0 Å². The molecule has 4 heteroatoms. The van der Waals surface area contributed by atoms with E-state index < -0.39 is 5.92 Å². The lowest BCUT2D eigenvalue weighted by Crippen LogP contribution is -2.40. The van der Waals surface area contributed by atoms with Crippen molar-refractivity contribution in [1.29, 1.82) is 0 Å². The van der Waals surface area contributed by atoms with Gasteiger partial charge in [0.2, 0.25) is 5.92 Å². The van der Waals surface area contributed by atoms with Gasteiger partial charge in [0, 0.05) is 25.9 Å². The van der Waals surface area contributed by atoms with Gasteiger partial charge in [-0.25, -0.2) is 8.78 Å². The number of rotatable bonds is 5. The highest BCUT2D eigenvalue weighted by atomic mass is 19.3. The Balaban J connectivity index is 1.75. The molecule has 2 unspecified atom stereocenters. The summed E-state index contributed by atoms with van der Waals surface area (Å²) in [6, 6.07) is 0. The molecule has 2 aliphatic rings. The fraction of sp³-hybridized carbons (Fsp3) is 1.00. The minimum absolute atomic E-state index is 0.0974. The first-order valence-corrected chi connectivity index (χ1v) is 7.40. The van der Waals surface area contributed by atoms with E-state index in [-0.39, 0.29) is 18.8 Å². The minimum Gasteiger partial charge on any atom is -0.316 e. The van der Waals surface area contributed by atoms with E-state index in [1.807, 2.05) is 0 Å². The van der Waals surface area contributed by atoms with Gasteiger partial charge in [-0.05, 0) is 50.7 Å². The Morgan fingerprint density at radius 3 is 2.56 bits per heavy atom. The van der Waals surface area contributed by atoms with Crippen molar-refractivity contribution in [3.05, 3.63) is 0 Å². The molecule has 1 saturated heterocycles. The Morgan fingerprint density at radius 2 is 2.00 bits per heavy atom. The molecular weight excluding hydrogens is 234 g/mol. The summed E-state index contributed by atoms with van der Waals surface area (Å²) in [7, 11) is 0. The fourth-order valence-corrected chi connectivity index (χ4v) is 3.34. The number of alkyl halides is 2. The van der Waals surface area contributed by atoms with Crippen LogP contribution in [0.25, 0.3) is 0 Å². The van der Waals surface area contributed by atoms with Crippen molar-refractivity contribution >= 4 is 0 Å². The molecule has 1 aliphatic carbocycles. The molecule has 0 amide bonds. The molecule has 106 valence electrons. The maximum Gasteiger partial charge on any atom is 0.248 e. The average molecular weight is 260 g/mol. The van der Waals surface area contributed by atoms with Crippen molar-refractivity contribution in [3.63, 3.8) is 0 Å². The van der Waals surface area contributed by atoms with Gasteiger partial charge in [-0.2, -0.15) is 0 Å². The topological polar surface area (TPSA) is 15.3 Å². The summed E-state index contributed by atoms with van der Waals surface area (Å²) in [6.07, 6.45) is 3.44. The molecule has 2 atom stereocenters. The maximum absolute atomic E-state index is 13.2. The van der Waals surface area contributed by atoms with E-state index in [9.17, 15) is 8.78 Å². The zero-order valence-electron chi connectivity index (χ0n) is 11.4. The van der Waals surface area contributed by atoms with E-state index >= 15 is 0 Å². The van der Waals surface area contributed by atoms with Crippen LogP contribution in [0.1, 0.15) is 39.0 Å². The van der Waals surface area contributed by atoms with Crippen molar-refractivity contribution < 1.29 is 8.78 Å². The van der Waals surface area contributed by atoms with Crippen LogP contribution in [-0.2, 0) is 0 Å². The second-order valence-electron chi connectivity index (χ2n) is 6.03. The summed E-state index contributed by atoms with van der Waals surface area (Å²) in [5.74, 6) is -1.48. The highest BCUT2D eigenvalue weighted by Crippen LogP contribution is 2.39. The van der Waals surface area contributed by atoms with Crippen LogP contribution in [0, 0.1) is 11.8 Å². The van der Waals surface area contributed by atoms with Crippen molar-refractivity contribution in [2.75, 3.05) is 32.7 Å². The van der Waals surface area contributed by atoms with Gasteiger partial charge in [-0.3, -0.25) is 0 Å². The van der Waals surface area contributed by atoms with E-state index in [0.29, 0.717) is 12.3 Å². The van der Waals surface area contributed by atoms with Gasteiger partial charge in [0.25, 0.3) is 0 Å². The third-order valence-electron chi connectivity index (χ3n) is 4.38. The van der Waals surface area contributed by atoms with Gasteiger partial charge in [-0.15, -0.1) is 0 Å². The van der Waals surface area contributed by atoms with E-state index in [4.69, 9.17) is 0 Å². The maximum atomic E-state index is 13.2. The molecule has 0 aromatic heterocycles. The second kappa shape index (κ2) is 6.29. The van der Waals surface area contributed by atoms with E-state index in [1.54, 1.807) is 0 Å². The molecule has 1 N–H and O–H groups in total. The van der Waals surface area contributed by atoms with Crippen LogP contribution < -0.4 is 5.32 Å². The van der Waals surface area contributed by atoms with E-state index in [0.717, 1.165) is 32.7 Å². The van der Waals surface area contributed by atoms with Crippen molar-refractivity contribution in [1.82, 2.24) is 10.2 Å². The van der Waals surface area contributed by atoms with Gasteiger partial charge >= 0.3 is 0 Å². The van der Waals surface area contributed by atoms with Crippen molar-refractivity contribution in [2.24, 2.45) is 11.8 Å². The Morgan fingerprint density at radius 1 is 1.22 bits per heavy atom. The Hall–Kier alpha value is -0.220. The van der Waals surface area contributed by atoms with Gasteiger partial charge < -0.3 is 10.2 Å². The lowest BCUT2D eigenvalue weighted by Gasteiger charge is -2.31. The zero-order valence-corrected chi connectivity index (χ0v) is 11.4. The fourth-order valence-electron chi connectivity index (χ4n) is 3.34. The molecule has 0 spiro atoms. The van der Waals surface area contributed by atoms with Gasteiger partial charge in [-0.1, -0.05) is 6.92 Å². The quantitative estimate of drug-likeness (QED) is 0.817. The second-order valence-corrected chi connectivity index (χ2v) is 6.03. The minimum atomic E-state index is -2.39. The number of hydrogen-bond acceptors (Lipinski definition) is 2. The summed E-state index contributed by atoms with van der Waals surface area (Å²) >= 11 is 0. The number of piperidine rings is 1. The van der Waals surface area contributed by atoms with Gasteiger partial charge in [0.1, 0.15) is 0 Å². The largest absolute Gasteiger partial charge is 0.316 e. The van der Waals surface area contributed by atoms with E-state index in [2.05, 4.69) is 17.1 Å². The lowest BCUT2D eigenvalue weighted by molar-refractivity contribution is 0.00324. The number of halogens is 2. The molecule has 1 aliphatic heterocycles. The third-order valence-corrected chi connectivity index (χ3v) is 4.38. The van der Waals surface area contributed by atoms with Gasteiger partial charge in [0.05, 0.1) is 0 Å². The van der Waals surface area contributed by atoms with Crippen LogP contribution in [0.4, 0.5) is 8.78 Å². The van der Waals surface area contributed by atoms with Gasteiger partial charge in [0.15, 0.2) is 0 Å². The molecular formula is C14H26F2N2. The molecule has 0 aromatic carbocycles. The predicted octanol–water partition coefficient (Wildman–Crippen LogP) is 2.74. The SMILES string of the molecule is CCN(CC1CCCNC1)CC1CCC(F)(F)C1. The highest BCUT2D eigenvalue weighted by molar-refractivity contribution is 4.84. The van der Waals surface area contributed by atoms with Crippen molar-refractivity contribution in [3.8, 4) is 0 Å². The average Bonchev–Trinajstić information content (AvgIpc) is 2.69. The molecule has 1 heterocycles. The third kappa shape index (κ3) is 4.16. The zero-order chi connectivity index (χ0) is 13.0. The number of nitrogens with zero attached hydrogens (tertiary/aromatic N) is 1. The molecule has 18 heavy (non-hydrogen) atoms. The first kappa shape index (κ1) is 14.2. The molecule has 1 saturated carbocycles. The molecule has 2 fully saturated rings. The van der Waals surface area contributed by atoms with Crippen LogP contribution in [0.3, 0.4) is 0 Å². The Kier molecular flexibility index (Phi) is 4.96. The first-order chi connectivity index (χ1) is 8.59. The normalized spacial score (nSPS) is 32.0.